The van der Waals surface area contributed by atoms with Gasteiger partial charge in [0.25, 0.3) is 0 Å². The van der Waals surface area contributed by atoms with E-state index in [1.54, 1.807) is 25.3 Å². The summed E-state index contributed by atoms with van der Waals surface area (Å²) in [6, 6.07) is 5.27. The van der Waals surface area contributed by atoms with Gasteiger partial charge in [0.1, 0.15) is 24.8 Å². The van der Waals surface area contributed by atoms with Crippen molar-refractivity contribution < 1.29 is 28.5 Å². The van der Waals surface area contributed by atoms with Gasteiger partial charge in [0, 0.05) is 11.6 Å². The average molecular weight is 352 g/mol. The van der Waals surface area contributed by atoms with Crippen LogP contribution in [0.3, 0.4) is 0 Å². The second kappa shape index (κ2) is 9.24. The van der Waals surface area contributed by atoms with Gasteiger partial charge >= 0.3 is 5.97 Å². The normalized spacial score (nSPS) is 14.5. The standard InChI is InChI=1S/C17H24N2O6/c1-22-13-6-5-12(14(7-13)23-2)9-24-17(21)16(11-3-4-11)25-10-19-15(20)8-18/h5-7,11,16H,3-4,8-10,18H2,1-2H3,(H,19,20)/t16-/m0/s1. The van der Waals surface area contributed by atoms with Crippen LogP contribution < -0.4 is 20.5 Å². The van der Waals surface area contributed by atoms with Crippen molar-refractivity contribution in [1.82, 2.24) is 5.32 Å². The van der Waals surface area contributed by atoms with E-state index in [9.17, 15) is 9.59 Å². The van der Waals surface area contributed by atoms with Crippen LogP contribution in [-0.2, 0) is 25.7 Å². The first-order valence-corrected chi connectivity index (χ1v) is 8.05. The largest absolute Gasteiger partial charge is 0.497 e. The van der Waals surface area contributed by atoms with Gasteiger partial charge in [-0.1, -0.05) is 0 Å². The number of rotatable bonds is 10. The SMILES string of the molecule is COc1ccc(COC(=O)[C@@H](OCNC(=O)CN)C2CC2)c(OC)c1. The molecule has 1 saturated carbocycles. The zero-order valence-corrected chi connectivity index (χ0v) is 14.4. The third-order valence-corrected chi connectivity index (χ3v) is 3.86. The van der Waals surface area contributed by atoms with Gasteiger partial charge in [0.2, 0.25) is 5.91 Å². The number of nitrogens with one attached hydrogen (secondary N) is 1. The summed E-state index contributed by atoms with van der Waals surface area (Å²) in [7, 11) is 3.10. The molecule has 8 nitrogen and oxygen atoms in total. The van der Waals surface area contributed by atoms with Gasteiger partial charge in [0.05, 0.1) is 20.8 Å². The summed E-state index contributed by atoms with van der Waals surface area (Å²) in [5.41, 5.74) is 5.93. The molecule has 138 valence electrons. The Morgan fingerprint density at radius 1 is 1.28 bits per heavy atom. The lowest BCUT2D eigenvalue weighted by Crippen LogP contribution is -2.37. The van der Waals surface area contributed by atoms with Crippen molar-refractivity contribution in [3.05, 3.63) is 23.8 Å². The molecule has 0 aromatic heterocycles. The highest BCUT2D eigenvalue weighted by Crippen LogP contribution is 2.35. The van der Waals surface area contributed by atoms with Crippen LogP contribution in [0.25, 0.3) is 0 Å². The van der Waals surface area contributed by atoms with Crippen LogP contribution in [0.4, 0.5) is 0 Å². The lowest BCUT2D eigenvalue weighted by molar-refractivity contribution is -0.161. The Morgan fingerprint density at radius 2 is 2.04 bits per heavy atom. The van der Waals surface area contributed by atoms with E-state index in [1.165, 1.54) is 7.11 Å². The molecule has 1 atom stereocenters. The minimum atomic E-state index is -0.692. The fraction of sp³-hybridized carbons (Fsp3) is 0.529. The van der Waals surface area contributed by atoms with Crippen LogP contribution in [0.5, 0.6) is 11.5 Å². The van der Waals surface area contributed by atoms with Crippen molar-refractivity contribution in [2.24, 2.45) is 11.7 Å². The first-order valence-electron chi connectivity index (χ1n) is 8.05. The third-order valence-electron chi connectivity index (χ3n) is 3.86. The fourth-order valence-corrected chi connectivity index (χ4v) is 2.28. The van der Waals surface area contributed by atoms with Crippen molar-refractivity contribution >= 4 is 11.9 Å². The summed E-state index contributed by atoms with van der Waals surface area (Å²) in [6.07, 6.45) is 1.11. The smallest absolute Gasteiger partial charge is 0.335 e. The van der Waals surface area contributed by atoms with Crippen molar-refractivity contribution in [3.8, 4) is 11.5 Å². The lowest BCUT2D eigenvalue weighted by atomic mass is 10.2. The summed E-state index contributed by atoms with van der Waals surface area (Å²) in [5, 5.41) is 2.48. The highest BCUT2D eigenvalue weighted by molar-refractivity contribution is 5.78. The van der Waals surface area contributed by atoms with Gasteiger partial charge in [-0.3, -0.25) is 4.79 Å². The maximum Gasteiger partial charge on any atom is 0.335 e. The number of carbonyl (C=O) groups excluding carboxylic acids is 2. The summed E-state index contributed by atoms with van der Waals surface area (Å²) in [6.45, 7) is -0.134. The maximum atomic E-state index is 12.3. The number of ether oxygens (including phenoxy) is 4. The van der Waals surface area contributed by atoms with Crippen molar-refractivity contribution in [2.75, 3.05) is 27.5 Å². The number of carbonyl (C=O) groups is 2. The van der Waals surface area contributed by atoms with E-state index in [0.717, 1.165) is 18.4 Å². The Labute approximate surface area is 146 Å². The van der Waals surface area contributed by atoms with Crippen molar-refractivity contribution in [1.29, 1.82) is 0 Å². The van der Waals surface area contributed by atoms with E-state index < -0.39 is 12.1 Å². The molecule has 25 heavy (non-hydrogen) atoms. The first kappa shape index (κ1) is 19.0. The molecule has 0 radical (unpaired) electrons. The van der Waals surface area contributed by atoms with E-state index in [2.05, 4.69) is 5.32 Å². The van der Waals surface area contributed by atoms with Gasteiger partial charge in [-0.25, -0.2) is 4.79 Å². The molecule has 1 aromatic rings. The molecule has 0 unspecified atom stereocenters. The summed E-state index contributed by atoms with van der Waals surface area (Å²) in [5.74, 6) is 0.557. The van der Waals surface area contributed by atoms with Crippen LogP contribution >= 0.6 is 0 Å². The van der Waals surface area contributed by atoms with Gasteiger partial charge in [-0.15, -0.1) is 0 Å². The molecule has 0 aliphatic heterocycles. The topological polar surface area (TPSA) is 109 Å². The molecule has 1 aliphatic rings. The predicted molar refractivity (Wildman–Crippen MR) is 89.0 cm³/mol. The van der Waals surface area contributed by atoms with Crippen LogP contribution in [-0.4, -0.2) is 45.5 Å². The predicted octanol–water partition coefficient (Wildman–Crippen LogP) is 0.575. The van der Waals surface area contributed by atoms with Crippen molar-refractivity contribution in [2.45, 2.75) is 25.6 Å². The molecule has 0 saturated heterocycles. The summed E-state index contributed by atoms with van der Waals surface area (Å²) >= 11 is 0. The summed E-state index contributed by atoms with van der Waals surface area (Å²) < 4.78 is 21.3. The monoisotopic (exact) mass is 352 g/mol. The zero-order valence-electron chi connectivity index (χ0n) is 14.4. The Bertz CT molecular complexity index is 603. The first-order chi connectivity index (χ1) is 12.1. The molecule has 2 rings (SSSR count). The average Bonchev–Trinajstić information content (AvgIpc) is 3.47. The minimum Gasteiger partial charge on any atom is -0.497 e. The lowest BCUT2D eigenvalue weighted by Gasteiger charge is -2.17. The second-order valence-corrected chi connectivity index (χ2v) is 5.66. The number of hydrogen-bond acceptors (Lipinski definition) is 7. The van der Waals surface area contributed by atoms with Crippen LogP contribution in [0.15, 0.2) is 18.2 Å². The Balaban J connectivity index is 1.89. The number of esters is 1. The van der Waals surface area contributed by atoms with E-state index in [-0.39, 0.29) is 31.7 Å². The van der Waals surface area contributed by atoms with E-state index in [4.69, 9.17) is 24.7 Å². The van der Waals surface area contributed by atoms with Gasteiger partial charge in [-0.05, 0) is 30.9 Å². The molecule has 8 heteroatoms. The second-order valence-electron chi connectivity index (χ2n) is 5.66. The van der Waals surface area contributed by atoms with Crippen LogP contribution in [0.2, 0.25) is 0 Å². The number of benzene rings is 1. The van der Waals surface area contributed by atoms with E-state index in [0.29, 0.717) is 11.5 Å². The molecule has 1 fully saturated rings. The molecule has 1 aliphatic carbocycles. The number of methoxy groups -OCH3 is 2. The van der Waals surface area contributed by atoms with Crippen molar-refractivity contribution in [3.63, 3.8) is 0 Å². The molecule has 1 amide bonds. The molecular weight excluding hydrogens is 328 g/mol. The Kier molecular flexibility index (Phi) is 7.03. The number of nitrogens with two attached hydrogens (primary N) is 1. The minimum absolute atomic E-state index is 0.0632. The Hall–Kier alpha value is -2.32. The molecule has 1 aromatic carbocycles. The zero-order chi connectivity index (χ0) is 18.2. The Morgan fingerprint density at radius 3 is 2.64 bits per heavy atom. The van der Waals surface area contributed by atoms with Gasteiger partial charge in [-0.2, -0.15) is 0 Å². The molecule has 0 bridgehead atoms. The third kappa shape index (κ3) is 5.61. The molecule has 0 heterocycles. The fourth-order valence-electron chi connectivity index (χ4n) is 2.28. The van der Waals surface area contributed by atoms with Crippen LogP contribution in [0, 0.1) is 5.92 Å². The summed E-state index contributed by atoms with van der Waals surface area (Å²) in [4.78, 5) is 23.4. The molecule has 0 spiro atoms. The quantitative estimate of drug-likeness (QED) is 0.468. The maximum absolute atomic E-state index is 12.3. The number of amides is 1. The van der Waals surface area contributed by atoms with Gasteiger partial charge in [0.15, 0.2) is 6.10 Å². The highest BCUT2D eigenvalue weighted by atomic mass is 16.6. The van der Waals surface area contributed by atoms with E-state index in [1.807, 2.05) is 0 Å². The molecule has 3 N–H and O–H groups in total. The number of hydrogen-bond donors (Lipinski definition) is 2. The highest BCUT2D eigenvalue weighted by Gasteiger charge is 2.38. The molecular formula is C17H24N2O6. The van der Waals surface area contributed by atoms with Gasteiger partial charge < -0.3 is 30.0 Å². The van der Waals surface area contributed by atoms with E-state index >= 15 is 0 Å². The van der Waals surface area contributed by atoms with Crippen LogP contribution in [0.1, 0.15) is 18.4 Å².